The fourth-order valence-corrected chi connectivity index (χ4v) is 2.28. The molecule has 98 valence electrons. The standard InChI is InChI=1S/C13H7Cl3FNO/c14-7-4-10(16)13(18-6-7)12(19)5-8-9(15)2-1-3-11(8)17/h1-4,6H,5H2. The maximum atomic E-state index is 13.6. The van der Waals surface area contributed by atoms with Crippen LogP contribution in [0.4, 0.5) is 4.39 Å². The molecule has 2 aromatic rings. The van der Waals surface area contributed by atoms with Gasteiger partial charge in [0, 0.05) is 23.2 Å². The maximum absolute atomic E-state index is 13.6. The molecule has 19 heavy (non-hydrogen) atoms. The van der Waals surface area contributed by atoms with Gasteiger partial charge in [0.05, 0.1) is 10.0 Å². The minimum atomic E-state index is -0.536. The Morgan fingerprint density at radius 3 is 2.58 bits per heavy atom. The number of nitrogens with zero attached hydrogens (tertiary/aromatic N) is 1. The van der Waals surface area contributed by atoms with Crippen LogP contribution in [-0.4, -0.2) is 10.8 Å². The van der Waals surface area contributed by atoms with Gasteiger partial charge in [-0.15, -0.1) is 0 Å². The maximum Gasteiger partial charge on any atom is 0.187 e. The number of ketones is 1. The first kappa shape index (κ1) is 14.3. The average molecular weight is 319 g/mol. The summed E-state index contributed by atoms with van der Waals surface area (Å²) in [6, 6.07) is 5.64. The first-order valence-electron chi connectivity index (χ1n) is 5.26. The highest BCUT2D eigenvalue weighted by atomic mass is 35.5. The molecule has 0 aliphatic carbocycles. The van der Waals surface area contributed by atoms with Gasteiger partial charge in [-0.05, 0) is 18.2 Å². The van der Waals surface area contributed by atoms with Crippen molar-refractivity contribution in [1.82, 2.24) is 4.98 Å². The monoisotopic (exact) mass is 317 g/mol. The molecule has 0 atom stereocenters. The molecular weight excluding hydrogens is 312 g/mol. The van der Waals surface area contributed by atoms with Crippen molar-refractivity contribution in [1.29, 1.82) is 0 Å². The molecule has 2 rings (SSSR count). The molecular formula is C13H7Cl3FNO. The molecule has 0 spiro atoms. The minimum absolute atomic E-state index is 0.0467. The van der Waals surface area contributed by atoms with E-state index in [-0.39, 0.29) is 27.7 Å². The fourth-order valence-electron chi connectivity index (χ4n) is 1.57. The third kappa shape index (κ3) is 3.24. The number of benzene rings is 1. The van der Waals surface area contributed by atoms with Gasteiger partial charge in [0.15, 0.2) is 5.78 Å². The molecule has 0 saturated heterocycles. The van der Waals surface area contributed by atoms with E-state index in [9.17, 15) is 9.18 Å². The number of aromatic nitrogens is 1. The van der Waals surface area contributed by atoms with Crippen molar-refractivity contribution in [2.75, 3.05) is 0 Å². The Morgan fingerprint density at radius 2 is 1.95 bits per heavy atom. The number of hydrogen-bond acceptors (Lipinski definition) is 2. The predicted molar refractivity (Wildman–Crippen MR) is 73.7 cm³/mol. The highest BCUT2D eigenvalue weighted by Crippen LogP contribution is 2.23. The summed E-state index contributed by atoms with van der Waals surface area (Å²) in [5, 5.41) is 0.647. The van der Waals surface area contributed by atoms with Crippen LogP contribution in [0, 0.1) is 5.82 Å². The molecule has 0 saturated carbocycles. The van der Waals surface area contributed by atoms with E-state index in [0.717, 1.165) is 0 Å². The largest absolute Gasteiger partial charge is 0.292 e. The Labute approximate surface area is 124 Å². The third-order valence-corrected chi connectivity index (χ3v) is 3.32. The third-order valence-electron chi connectivity index (χ3n) is 2.47. The normalized spacial score (nSPS) is 10.5. The molecule has 0 amide bonds. The lowest BCUT2D eigenvalue weighted by molar-refractivity contribution is 0.0987. The SMILES string of the molecule is O=C(Cc1c(F)cccc1Cl)c1ncc(Cl)cc1Cl. The van der Waals surface area contributed by atoms with E-state index in [1.54, 1.807) is 0 Å². The Hall–Kier alpha value is -1.16. The van der Waals surface area contributed by atoms with Crippen LogP contribution in [-0.2, 0) is 6.42 Å². The molecule has 0 aliphatic heterocycles. The predicted octanol–water partition coefficient (Wildman–Crippen LogP) is 4.61. The van der Waals surface area contributed by atoms with Gasteiger partial charge in [-0.25, -0.2) is 9.37 Å². The molecule has 0 radical (unpaired) electrons. The van der Waals surface area contributed by atoms with Crippen molar-refractivity contribution in [3.8, 4) is 0 Å². The van der Waals surface area contributed by atoms with E-state index in [0.29, 0.717) is 5.02 Å². The summed E-state index contributed by atoms with van der Waals surface area (Å²) in [6.45, 7) is 0. The van der Waals surface area contributed by atoms with Crippen LogP contribution < -0.4 is 0 Å². The zero-order valence-corrected chi connectivity index (χ0v) is 11.7. The van der Waals surface area contributed by atoms with Crippen molar-refractivity contribution >= 4 is 40.6 Å². The van der Waals surface area contributed by atoms with Gasteiger partial charge < -0.3 is 0 Å². The first-order chi connectivity index (χ1) is 8.99. The molecule has 0 N–H and O–H groups in total. The van der Waals surface area contributed by atoms with Crippen molar-refractivity contribution in [2.24, 2.45) is 0 Å². The van der Waals surface area contributed by atoms with Crippen LogP contribution in [0.15, 0.2) is 30.5 Å². The Bertz CT molecular complexity index is 626. The number of hydrogen-bond donors (Lipinski definition) is 0. The lowest BCUT2D eigenvalue weighted by atomic mass is 10.1. The zero-order valence-electron chi connectivity index (χ0n) is 9.46. The van der Waals surface area contributed by atoms with E-state index in [1.165, 1.54) is 30.5 Å². The van der Waals surface area contributed by atoms with Gasteiger partial charge in [-0.3, -0.25) is 4.79 Å². The van der Waals surface area contributed by atoms with Gasteiger partial charge in [-0.2, -0.15) is 0 Å². The summed E-state index contributed by atoms with van der Waals surface area (Å²) in [4.78, 5) is 15.9. The van der Waals surface area contributed by atoms with Gasteiger partial charge in [-0.1, -0.05) is 40.9 Å². The second kappa shape index (κ2) is 5.87. The molecule has 0 unspecified atom stereocenters. The summed E-state index contributed by atoms with van der Waals surface area (Å²) in [5.41, 5.74) is 0.173. The molecule has 1 aromatic heterocycles. The van der Waals surface area contributed by atoms with Gasteiger partial charge in [0.2, 0.25) is 0 Å². The number of pyridine rings is 1. The number of carbonyl (C=O) groups excluding carboxylic acids is 1. The number of rotatable bonds is 3. The zero-order chi connectivity index (χ0) is 14.0. The summed E-state index contributed by atoms with van der Waals surface area (Å²) >= 11 is 17.4. The molecule has 2 nitrogen and oxygen atoms in total. The molecule has 0 fully saturated rings. The second-order valence-corrected chi connectivity index (χ2v) is 5.03. The average Bonchev–Trinajstić information content (AvgIpc) is 2.33. The lowest BCUT2D eigenvalue weighted by Crippen LogP contribution is -2.08. The summed E-state index contributed by atoms with van der Waals surface area (Å²) < 4.78 is 13.6. The topological polar surface area (TPSA) is 30.0 Å². The van der Waals surface area contributed by atoms with Gasteiger partial charge in [0.25, 0.3) is 0 Å². The van der Waals surface area contributed by atoms with E-state index >= 15 is 0 Å². The van der Waals surface area contributed by atoms with Crippen LogP contribution in [0.1, 0.15) is 16.1 Å². The Balaban J connectivity index is 2.31. The number of halogens is 4. The quantitative estimate of drug-likeness (QED) is 0.774. The number of carbonyl (C=O) groups is 1. The van der Waals surface area contributed by atoms with Crippen LogP contribution >= 0.6 is 34.8 Å². The molecule has 0 bridgehead atoms. The summed E-state index contributed by atoms with van der Waals surface area (Å²) in [5.74, 6) is -0.959. The summed E-state index contributed by atoms with van der Waals surface area (Å²) in [7, 11) is 0. The van der Waals surface area contributed by atoms with Crippen LogP contribution in [0.5, 0.6) is 0 Å². The van der Waals surface area contributed by atoms with Crippen molar-refractivity contribution in [3.05, 3.63) is 62.6 Å². The Kier molecular flexibility index (Phi) is 4.40. The Morgan fingerprint density at radius 1 is 1.21 bits per heavy atom. The van der Waals surface area contributed by atoms with Gasteiger partial charge >= 0.3 is 0 Å². The molecule has 1 heterocycles. The lowest BCUT2D eigenvalue weighted by Gasteiger charge is -2.06. The van der Waals surface area contributed by atoms with Gasteiger partial charge in [0.1, 0.15) is 11.5 Å². The molecule has 0 aliphatic rings. The number of Topliss-reactive ketones (excluding diaryl/α,β-unsaturated/α-hetero) is 1. The summed E-state index contributed by atoms with van der Waals surface area (Å²) in [6.07, 6.45) is 1.10. The van der Waals surface area contributed by atoms with Crippen LogP contribution in [0.25, 0.3) is 0 Å². The van der Waals surface area contributed by atoms with E-state index < -0.39 is 11.6 Å². The molecule has 1 aromatic carbocycles. The second-order valence-electron chi connectivity index (χ2n) is 3.78. The van der Waals surface area contributed by atoms with Crippen molar-refractivity contribution in [2.45, 2.75) is 6.42 Å². The van der Waals surface area contributed by atoms with Crippen LogP contribution in [0.3, 0.4) is 0 Å². The highest BCUT2D eigenvalue weighted by molar-refractivity contribution is 6.36. The van der Waals surface area contributed by atoms with E-state index in [4.69, 9.17) is 34.8 Å². The highest BCUT2D eigenvalue weighted by Gasteiger charge is 2.17. The minimum Gasteiger partial charge on any atom is -0.292 e. The molecule has 6 heteroatoms. The van der Waals surface area contributed by atoms with E-state index in [1.807, 2.05) is 0 Å². The smallest absolute Gasteiger partial charge is 0.187 e. The van der Waals surface area contributed by atoms with Crippen LogP contribution in [0.2, 0.25) is 15.1 Å². The van der Waals surface area contributed by atoms with Crippen molar-refractivity contribution in [3.63, 3.8) is 0 Å². The first-order valence-corrected chi connectivity index (χ1v) is 6.39. The van der Waals surface area contributed by atoms with Crippen molar-refractivity contribution < 1.29 is 9.18 Å². The van der Waals surface area contributed by atoms with E-state index in [2.05, 4.69) is 4.98 Å². The fraction of sp³-hybridized carbons (Fsp3) is 0.0769.